The molecule has 0 atom stereocenters. The van der Waals surface area contributed by atoms with Gasteiger partial charge in [-0.25, -0.2) is 13.1 Å². The van der Waals surface area contributed by atoms with Gasteiger partial charge in [0, 0.05) is 6.54 Å². The molecule has 0 aliphatic rings. The maximum absolute atomic E-state index is 11.5. The predicted molar refractivity (Wildman–Crippen MR) is 68.0 cm³/mol. The lowest BCUT2D eigenvalue weighted by Gasteiger charge is -2.05. The molecule has 4 nitrogen and oxygen atoms in total. The van der Waals surface area contributed by atoms with Gasteiger partial charge in [-0.2, -0.15) is 0 Å². The van der Waals surface area contributed by atoms with Crippen molar-refractivity contribution in [3.8, 4) is 0 Å². The van der Waals surface area contributed by atoms with Gasteiger partial charge in [0.25, 0.3) is 0 Å². The first-order valence-corrected chi connectivity index (χ1v) is 6.50. The quantitative estimate of drug-likeness (QED) is 0.749. The molecular formula is C10H17ClN2O2S. The molecule has 0 unspecified atom stereocenters. The van der Waals surface area contributed by atoms with Crippen molar-refractivity contribution in [3.63, 3.8) is 0 Å². The Morgan fingerprint density at radius 2 is 1.81 bits per heavy atom. The molecule has 0 amide bonds. The lowest BCUT2D eigenvalue weighted by molar-refractivity contribution is 0.578. The average Bonchev–Trinajstić information content (AvgIpc) is 2.18. The summed E-state index contributed by atoms with van der Waals surface area (Å²) in [5.41, 5.74) is 6.07. The molecule has 0 aliphatic heterocycles. The van der Waals surface area contributed by atoms with Gasteiger partial charge in [0.1, 0.15) is 0 Å². The lowest BCUT2D eigenvalue weighted by Crippen LogP contribution is -2.27. The zero-order valence-corrected chi connectivity index (χ0v) is 10.6. The lowest BCUT2D eigenvalue weighted by atomic mass is 10.2. The molecule has 0 bridgehead atoms. The van der Waals surface area contributed by atoms with Crippen molar-refractivity contribution in [3.05, 3.63) is 35.9 Å². The molecule has 1 rings (SSSR count). The first kappa shape index (κ1) is 15.4. The Morgan fingerprint density at radius 3 is 2.38 bits per heavy atom. The zero-order chi connectivity index (χ0) is 11.1. The number of benzene rings is 1. The maximum Gasteiger partial charge on any atom is 0.215 e. The molecule has 6 heteroatoms. The van der Waals surface area contributed by atoms with Crippen LogP contribution in [0.5, 0.6) is 0 Å². The Balaban J connectivity index is 0.00000225. The zero-order valence-electron chi connectivity index (χ0n) is 8.93. The van der Waals surface area contributed by atoms with Gasteiger partial charge in [-0.05, 0) is 18.5 Å². The molecule has 92 valence electrons. The third-order valence-corrected chi connectivity index (χ3v) is 3.26. The van der Waals surface area contributed by atoms with Gasteiger partial charge in [-0.15, -0.1) is 12.4 Å². The second-order valence-corrected chi connectivity index (χ2v) is 5.09. The summed E-state index contributed by atoms with van der Waals surface area (Å²) in [7, 11) is -3.21. The molecule has 16 heavy (non-hydrogen) atoms. The van der Waals surface area contributed by atoms with E-state index in [2.05, 4.69) is 4.72 Å². The standard InChI is InChI=1S/C10H16N2O2S.ClH/c11-7-4-8-12-15(13,14)9-10-5-2-1-3-6-10;/h1-3,5-6,12H,4,7-9,11H2;1H. The van der Waals surface area contributed by atoms with E-state index >= 15 is 0 Å². The highest BCUT2D eigenvalue weighted by atomic mass is 35.5. The van der Waals surface area contributed by atoms with Crippen LogP contribution in [0.15, 0.2) is 30.3 Å². The summed E-state index contributed by atoms with van der Waals surface area (Å²) in [6.45, 7) is 0.902. The summed E-state index contributed by atoms with van der Waals surface area (Å²) in [5.74, 6) is 0.0262. The van der Waals surface area contributed by atoms with E-state index in [1.807, 2.05) is 18.2 Å². The van der Waals surface area contributed by atoms with Gasteiger partial charge in [0.05, 0.1) is 5.75 Å². The van der Waals surface area contributed by atoms with Crippen molar-refractivity contribution in [1.82, 2.24) is 4.72 Å². The number of nitrogens with one attached hydrogen (secondary N) is 1. The summed E-state index contributed by atoms with van der Waals surface area (Å²) in [5, 5.41) is 0. The number of nitrogens with two attached hydrogens (primary N) is 1. The molecule has 0 fully saturated rings. The predicted octanol–water partition coefficient (Wildman–Crippen LogP) is 0.877. The van der Waals surface area contributed by atoms with E-state index in [1.165, 1.54) is 0 Å². The van der Waals surface area contributed by atoms with Crippen molar-refractivity contribution in [1.29, 1.82) is 0 Å². The fourth-order valence-electron chi connectivity index (χ4n) is 1.17. The number of hydrogen-bond donors (Lipinski definition) is 2. The summed E-state index contributed by atoms with van der Waals surface area (Å²) >= 11 is 0. The van der Waals surface area contributed by atoms with Gasteiger partial charge in [0.2, 0.25) is 10.0 Å². The van der Waals surface area contributed by atoms with Crippen molar-refractivity contribution in [2.45, 2.75) is 12.2 Å². The second kappa shape index (κ2) is 7.62. The fourth-order valence-corrected chi connectivity index (χ4v) is 2.36. The van der Waals surface area contributed by atoms with E-state index in [4.69, 9.17) is 5.73 Å². The van der Waals surface area contributed by atoms with E-state index in [9.17, 15) is 8.42 Å². The number of halogens is 1. The van der Waals surface area contributed by atoms with Crippen molar-refractivity contribution in [2.75, 3.05) is 13.1 Å². The van der Waals surface area contributed by atoms with Crippen LogP contribution in [0.4, 0.5) is 0 Å². The van der Waals surface area contributed by atoms with Crippen LogP contribution in [-0.4, -0.2) is 21.5 Å². The Labute approximate surface area is 103 Å². The van der Waals surface area contributed by atoms with Crippen LogP contribution in [0.1, 0.15) is 12.0 Å². The number of hydrogen-bond acceptors (Lipinski definition) is 3. The molecular weight excluding hydrogens is 248 g/mol. The number of rotatable bonds is 6. The van der Waals surface area contributed by atoms with Gasteiger partial charge >= 0.3 is 0 Å². The number of sulfonamides is 1. The summed E-state index contributed by atoms with van der Waals surface area (Å²) in [4.78, 5) is 0. The monoisotopic (exact) mass is 264 g/mol. The normalized spacial score (nSPS) is 10.8. The van der Waals surface area contributed by atoms with Crippen LogP contribution in [0.2, 0.25) is 0 Å². The topological polar surface area (TPSA) is 72.2 Å². The van der Waals surface area contributed by atoms with Crippen LogP contribution in [0.25, 0.3) is 0 Å². The molecule has 0 heterocycles. The van der Waals surface area contributed by atoms with Crippen LogP contribution in [0.3, 0.4) is 0 Å². The van der Waals surface area contributed by atoms with E-state index < -0.39 is 10.0 Å². The fraction of sp³-hybridized carbons (Fsp3) is 0.400. The molecule has 0 saturated heterocycles. The van der Waals surface area contributed by atoms with Crippen molar-refractivity contribution >= 4 is 22.4 Å². The van der Waals surface area contributed by atoms with E-state index in [0.29, 0.717) is 19.5 Å². The van der Waals surface area contributed by atoms with Crippen LogP contribution >= 0.6 is 12.4 Å². The van der Waals surface area contributed by atoms with Crippen molar-refractivity contribution in [2.24, 2.45) is 5.73 Å². The van der Waals surface area contributed by atoms with Crippen LogP contribution in [-0.2, 0) is 15.8 Å². The highest BCUT2D eigenvalue weighted by Gasteiger charge is 2.09. The third-order valence-electron chi connectivity index (χ3n) is 1.90. The minimum Gasteiger partial charge on any atom is -0.330 e. The summed E-state index contributed by atoms with van der Waals surface area (Å²) in [6, 6.07) is 9.10. The summed E-state index contributed by atoms with van der Waals surface area (Å²) < 4.78 is 25.5. The smallest absolute Gasteiger partial charge is 0.215 e. The van der Waals surface area contributed by atoms with Gasteiger partial charge in [-0.1, -0.05) is 30.3 Å². The maximum atomic E-state index is 11.5. The summed E-state index contributed by atoms with van der Waals surface area (Å²) in [6.07, 6.45) is 0.661. The Bertz CT molecular complexity index is 381. The first-order chi connectivity index (χ1) is 7.14. The van der Waals surface area contributed by atoms with E-state index in [1.54, 1.807) is 12.1 Å². The van der Waals surface area contributed by atoms with Gasteiger partial charge in [0.15, 0.2) is 0 Å². The Morgan fingerprint density at radius 1 is 1.19 bits per heavy atom. The molecule has 1 aromatic rings. The average molecular weight is 265 g/mol. The van der Waals surface area contributed by atoms with Gasteiger partial charge in [-0.3, -0.25) is 0 Å². The first-order valence-electron chi connectivity index (χ1n) is 4.85. The molecule has 0 spiro atoms. The molecule has 0 saturated carbocycles. The third kappa shape index (κ3) is 6.07. The van der Waals surface area contributed by atoms with Crippen molar-refractivity contribution < 1.29 is 8.42 Å². The molecule has 0 aromatic heterocycles. The molecule has 0 aliphatic carbocycles. The highest BCUT2D eigenvalue weighted by Crippen LogP contribution is 2.03. The highest BCUT2D eigenvalue weighted by molar-refractivity contribution is 7.88. The largest absolute Gasteiger partial charge is 0.330 e. The van der Waals surface area contributed by atoms with Crippen LogP contribution < -0.4 is 10.5 Å². The van der Waals surface area contributed by atoms with E-state index in [-0.39, 0.29) is 18.2 Å². The Hall–Kier alpha value is -0.620. The minimum absolute atomic E-state index is 0. The molecule has 1 aromatic carbocycles. The molecule has 0 radical (unpaired) electrons. The van der Waals surface area contributed by atoms with Crippen LogP contribution in [0, 0.1) is 0 Å². The second-order valence-electron chi connectivity index (χ2n) is 3.28. The minimum atomic E-state index is -3.21. The molecule has 3 N–H and O–H groups in total. The van der Waals surface area contributed by atoms with Gasteiger partial charge < -0.3 is 5.73 Å². The Kier molecular flexibility index (Phi) is 7.33. The SMILES string of the molecule is Cl.NCCCNS(=O)(=O)Cc1ccccc1. The van der Waals surface area contributed by atoms with E-state index in [0.717, 1.165) is 5.56 Å².